The molecule has 0 bridgehead atoms. The molecule has 0 aromatic carbocycles. The van der Waals surface area contributed by atoms with Crippen LogP contribution in [-0.2, 0) is 28.6 Å². The fourth-order valence-corrected chi connectivity index (χ4v) is 3.03. The van der Waals surface area contributed by atoms with Crippen molar-refractivity contribution in [2.24, 2.45) is 0 Å². The van der Waals surface area contributed by atoms with Crippen molar-refractivity contribution in [2.45, 2.75) is 37.6 Å². The second-order valence-electron chi connectivity index (χ2n) is 4.05. The van der Waals surface area contributed by atoms with Gasteiger partial charge in [-0.15, -0.1) is 0 Å². The third-order valence-electron chi connectivity index (χ3n) is 2.28. The third kappa shape index (κ3) is 5.28. The highest BCUT2D eigenvalue weighted by atomic mass is 32.2. The molecule has 0 unspecified atom stereocenters. The van der Waals surface area contributed by atoms with Crippen LogP contribution in [0.3, 0.4) is 0 Å². The van der Waals surface area contributed by atoms with Crippen molar-refractivity contribution in [1.29, 1.82) is 0 Å². The lowest BCUT2D eigenvalue weighted by atomic mass is 9.93. The summed E-state index contributed by atoms with van der Waals surface area (Å²) in [4.78, 5) is 0. The predicted octanol–water partition coefficient (Wildman–Crippen LogP) is 0.198. The molecule has 0 amide bonds. The first-order chi connectivity index (χ1) is 7.58. The van der Waals surface area contributed by atoms with Gasteiger partial charge >= 0.3 is 0 Å². The average molecular weight is 290 g/mol. The van der Waals surface area contributed by atoms with Crippen LogP contribution in [0.4, 0.5) is 4.39 Å². The zero-order valence-electron chi connectivity index (χ0n) is 9.50. The van der Waals surface area contributed by atoms with E-state index in [1.807, 2.05) is 0 Å². The summed E-state index contributed by atoms with van der Waals surface area (Å²) in [6.45, 7) is 0. The highest BCUT2D eigenvalue weighted by Gasteiger charge is 2.39. The van der Waals surface area contributed by atoms with Crippen LogP contribution in [0.5, 0.6) is 0 Å². The Morgan fingerprint density at radius 1 is 1.00 bits per heavy atom. The van der Waals surface area contributed by atoms with E-state index >= 15 is 0 Å². The number of hydrogen-bond acceptors (Lipinski definition) is 6. The fraction of sp³-hybridized carbons (Fsp3) is 1.00. The molecule has 102 valence electrons. The van der Waals surface area contributed by atoms with Crippen molar-refractivity contribution in [3.63, 3.8) is 0 Å². The topological polar surface area (TPSA) is 86.7 Å². The second-order valence-corrected chi connectivity index (χ2v) is 7.25. The highest BCUT2D eigenvalue weighted by molar-refractivity contribution is 7.86. The molecule has 17 heavy (non-hydrogen) atoms. The van der Waals surface area contributed by atoms with E-state index in [9.17, 15) is 21.2 Å². The first-order valence-electron chi connectivity index (χ1n) is 4.99. The summed E-state index contributed by atoms with van der Waals surface area (Å²) in [5, 5.41) is 0. The van der Waals surface area contributed by atoms with Crippen molar-refractivity contribution in [3.05, 3.63) is 0 Å². The van der Waals surface area contributed by atoms with Crippen LogP contribution in [0.15, 0.2) is 0 Å². The summed E-state index contributed by atoms with van der Waals surface area (Å²) in [7, 11) is -7.64. The first kappa shape index (κ1) is 14.8. The van der Waals surface area contributed by atoms with Gasteiger partial charge in [-0.1, -0.05) is 0 Å². The summed E-state index contributed by atoms with van der Waals surface area (Å²) in [5.74, 6) is 0. The lowest BCUT2D eigenvalue weighted by Gasteiger charge is -2.31. The van der Waals surface area contributed by atoms with E-state index in [4.69, 9.17) is 0 Å². The van der Waals surface area contributed by atoms with Gasteiger partial charge in [-0.25, -0.2) is 4.39 Å². The Balaban J connectivity index is 2.85. The molecule has 0 aliphatic heterocycles. The quantitative estimate of drug-likeness (QED) is 0.687. The number of hydrogen-bond donors (Lipinski definition) is 0. The van der Waals surface area contributed by atoms with E-state index in [2.05, 4.69) is 8.37 Å². The van der Waals surface area contributed by atoms with Crippen molar-refractivity contribution in [1.82, 2.24) is 0 Å². The van der Waals surface area contributed by atoms with Crippen LogP contribution >= 0.6 is 0 Å². The molecule has 0 radical (unpaired) electrons. The molecule has 1 aliphatic rings. The highest BCUT2D eigenvalue weighted by Crippen LogP contribution is 2.28. The van der Waals surface area contributed by atoms with Crippen LogP contribution in [0.25, 0.3) is 0 Å². The molecule has 0 N–H and O–H groups in total. The van der Waals surface area contributed by atoms with E-state index in [1.165, 1.54) is 0 Å². The molecular formula is C8H15FO6S2. The van der Waals surface area contributed by atoms with E-state index in [-0.39, 0.29) is 12.8 Å². The lowest BCUT2D eigenvalue weighted by Crippen LogP contribution is -2.44. The molecule has 0 heterocycles. The van der Waals surface area contributed by atoms with Gasteiger partial charge in [-0.05, 0) is 19.3 Å². The Labute approximate surface area is 100 Å². The van der Waals surface area contributed by atoms with Gasteiger partial charge in [0.15, 0.2) is 0 Å². The van der Waals surface area contributed by atoms with E-state index in [1.54, 1.807) is 0 Å². The predicted molar refractivity (Wildman–Crippen MR) is 58.2 cm³/mol. The second kappa shape index (κ2) is 5.17. The minimum Gasteiger partial charge on any atom is -0.264 e. The summed E-state index contributed by atoms with van der Waals surface area (Å²) in [6.07, 6.45) is -1.64. The maximum atomic E-state index is 13.5. The first-order valence-corrected chi connectivity index (χ1v) is 8.62. The summed E-state index contributed by atoms with van der Waals surface area (Å²) in [6, 6.07) is 0. The zero-order valence-corrected chi connectivity index (χ0v) is 11.1. The van der Waals surface area contributed by atoms with E-state index in [0.717, 1.165) is 12.5 Å². The van der Waals surface area contributed by atoms with Gasteiger partial charge in [0.2, 0.25) is 0 Å². The van der Waals surface area contributed by atoms with Crippen LogP contribution in [-0.4, -0.2) is 47.7 Å². The molecule has 0 saturated heterocycles. The summed E-state index contributed by atoms with van der Waals surface area (Å²) >= 11 is 0. The Morgan fingerprint density at radius 2 is 1.53 bits per heavy atom. The Morgan fingerprint density at radius 3 is 2.00 bits per heavy atom. The maximum Gasteiger partial charge on any atom is 0.264 e. The summed E-state index contributed by atoms with van der Waals surface area (Å²) < 4.78 is 66.6. The molecule has 1 rings (SSSR count). The fourth-order valence-electron chi connectivity index (χ4n) is 1.73. The smallest absolute Gasteiger partial charge is 0.264 e. The Bertz CT molecular complexity index is 456. The number of alkyl halides is 1. The molecule has 1 aliphatic carbocycles. The van der Waals surface area contributed by atoms with Crippen LogP contribution in [0.1, 0.15) is 19.3 Å². The molecular weight excluding hydrogens is 275 g/mol. The van der Waals surface area contributed by atoms with Gasteiger partial charge < -0.3 is 0 Å². The molecule has 0 spiro atoms. The molecule has 0 aromatic heterocycles. The molecule has 3 atom stereocenters. The third-order valence-corrected chi connectivity index (χ3v) is 3.44. The zero-order chi connectivity index (χ0) is 13.3. The van der Waals surface area contributed by atoms with Gasteiger partial charge in [-0.2, -0.15) is 16.8 Å². The van der Waals surface area contributed by atoms with Crippen molar-refractivity contribution < 1.29 is 29.6 Å². The molecule has 9 heteroatoms. The Hall–Kier alpha value is -0.250. The van der Waals surface area contributed by atoms with E-state index < -0.39 is 38.6 Å². The van der Waals surface area contributed by atoms with Gasteiger partial charge in [0.25, 0.3) is 20.2 Å². The van der Waals surface area contributed by atoms with Crippen molar-refractivity contribution in [2.75, 3.05) is 12.5 Å². The van der Waals surface area contributed by atoms with Gasteiger partial charge in [0, 0.05) is 0 Å². The van der Waals surface area contributed by atoms with Gasteiger partial charge in [-0.3, -0.25) is 8.37 Å². The molecule has 1 saturated carbocycles. The van der Waals surface area contributed by atoms with Crippen molar-refractivity contribution >= 4 is 20.2 Å². The normalized spacial score (nSPS) is 31.4. The standard InChI is InChI=1S/C8H15FO6S2/c1-16(10,11)14-7-5-3-4-6(9)8(7)15-17(2,12)13/h6-8H,3-5H2,1-2H3/t6-,7+,8-/m1/s1. The SMILES string of the molecule is CS(=O)(=O)O[C@@H]1[C@H](F)CCC[C@@H]1OS(C)(=O)=O. The minimum absolute atomic E-state index is 0.129. The molecule has 0 aromatic rings. The number of halogens is 1. The molecule has 1 fully saturated rings. The van der Waals surface area contributed by atoms with Crippen LogP contribution < -0.4 is 0 Å². The molecule has 6 nitrogen and oxygen atoms in total. The maximum absolute atomic E-state index is 13.5. The minimum atomic E-state index is -3.86. The van der Waals surface area contributed by atoms with Gasteiger partial charge in [0.05, 0.1) is 12.5 Å². The largest absolute Gasteiger partial charge is 0.264 e. The lowest BCUT2D eigenvalue weighted by molar-refractivity contribution is -0.0202. The van der Waals surface area contributed by atoms with Crippen molar-refractivity contribution in [3.8, 4) is 0 Å². The average Bonchev–Trinajstić information content (AvgIpc) is 2.07. The Kier molecular flexibility index (Phi) is 4.50. The monoisotopic (exact) mass is 290 g/mol. The van der Waals surface area contributed by atoms with Crippen LogP contribution in [0, 0.1) is 0 Å². The number of rotatable bonds is 4. The van der Waals surface area contributed by atoms with Gasteiger partial charge in [0.1, 0.15) is 18.4 Å². The van der Waals surface area contributed by atoms with E-state index in [0.29, 0.717) is 6.42 Å². The van der Waals surface area contributed by atoms with Crippen LogP contribution in [0.2, 0.25) is 0 Å². The summed E-state index contributed by atoms with van der Waals surface area (Å²) in [5.41, 5.74) is 0.